The lowest BCUT2D eigenvalue weighted by atomic mass is 9.93. The van der Waals surface area contributed by atoms with Gasteiger partial charge in [0.05, 0.1) is 17.7 Å². The van der Waals surface area contributed by atoms with Crippen molar-refractivity contribution in [3.63, 3.8) is 0 Å². The Morgan fingerprint density at radius 2 is 1.65 bits per heavy atom. The number of nitrogens with one attached hydrogen (secondary N) is 3. The van der Waals surface area contributed by atoms with Crippen LogP contribution in [0.15, 0.2) is 64.4 Å². The molecule has 0 saturated carbocycles. The van der Waals surface area contributed by atoms with E-state index in [9.17, 15) is 24.0 Å². The standard InChI is InChI=1S/C35H41N11O5S/c36-30(47)28-14-23-22-8-3-4-9-24(22)42-27(23)16-45(28)33(50)25(10-5-11-40-34(37)38)43-31(48)26(13-21-17-52-18-41-21)44-32(49)29-12-19-6-1-2-7-20(19)15-46(29)35(39)51/h1-4,6-9,17-18,25-26,28-29,42H,5,10-16H2,(H2,36,47)(H2,39,51)(H,43,48)(H,44,49)(H4,37,38,40)/t25-,26?,28?,29-/m0/s1. The number of H-pyrrole nitrogens is 1. The molecule has 0 spiro atoms. The van der Waals surface area contributed by atoms with E-state index in [1.54, 1.807) is 10.9 Å². The Bertz CT molecular complexity index is 2010. The van der Waals surface area contributed by atoms with E-state index < -0.39 is 53.8 Å². The fraction of sp³-hybridized carbons (Fsp3) is 0.343. The first-order valence-corrected chi connectivity index (χ1v) is 17.8. The second kappa shape index (κ2) is 15.5. The summed E-state index contributed by atoms with van der Waals surface area (Å²) in [6.45, 7) is 0.369. The molecule has 11 N–H and O–H groups in total. The van der Waals surface area contributed by atoms with Crippen molar-refractivity contribution in [3.05, 3.63) is 87.5 Å². The van der Waals surface area contributed by atoms with Crippen molar-refractivity contribution in [2.24, 2.45) is 27.9 Å². The number of amides is 6. The number of nitrogens with zero attached hydrogens (tertiary/aromatic N) is 4. The lowest BCUT2D eigenvalue weighted by Gasteiger charge is -2.37. The molecule has 17 heteroatoms. The maximum Gasteiger partial charge on any atom is 0.315 e. The fourth-order valence-corrected chi connectivity index (χ4v) is 7.51. The van der Waals surface area contributed by atoms with Gasteiger partial charge < -0.3 is 48.4 Å². The highest BCUT2D eigenvalue weighted by molar-refractivity contribution is 7.07. The van der Waals surface area contributed by atoms with Gasteiger partial charge in [0.25, 0.3) is 0 Å². The predicted molar refractivity (Wildman–Crippen MR) is 194 cm³/mol. The monoisotopic (exact) mass is 727 g/mol. The topological polar surface area (TPSA) is 261 Å². The summed E-state index contributed by atoms with van der Waals surface area (Å²) in [6, 6.07) is 10.0. The van der Waals surface area contributed by atoms with Gasteiger partial charge in [0, 0.05) is 54.3 Å². The van der Waals surface area contributed by atoms with Gasteiger partial charge in [0.2, 0.25) is 23.6 Å². The van der Waals surface area contributed by atoms with Crippen LogP contribution in [0, 0.1) is 0 Å². The third-order valence-electron chi connectivity index (χ3n) is 9.54. The van der Waals surface area contributed by atoms with Crippen molar-refractivity contribution in [2.45, 2.75) is 69.4 Å². The van der Waals surface area contributed by atoms with Crippen LogP contribution >= 0.6 is 11.3 Å². The van der Waals surface area contributed by atoms with Gasteiger partial charge in [-0.2, -0.15) is 0 Å². The predicted octanol–water partition coefficient (Wildman–Crippen LogP) is 0.135. The number of carbonyl (C=O) groups is 5. The van der Waals surface area contributed by atoms with E-state index in [4.69, 9.17) is 22.9 Å². The number of aromatic amines is 1. The Labute approximate surface area is 303 Å². The average Bonchev–Trinajstić information content (AvgIpc) is 3.78. The van der Waals surface area contributed by atoms with Crippen molar-refractivity contribution in [3.8, 4) is 0 Å². The van der Waals surface area contributed by atoms with E-state index >= 15 is 0 Å². The summed E-state index contributed by atoms with van der Waals surface area (Å²) in [5.41, 5.74) is 29.0. The molecule has 52 heavy (non-hydrogen) atoms. The number of hydrogen-bond donors (Lipinski definition) is 7. The molecule has 0 aliphatic carbocycles. The smallest absolute Gasteiger partial charge is 0.315 e. The van der Waals surface area contributed by atoms with Gasteiger partial charge in [-0.15, -0.1) is 11.3 Å². The highest BCUT2D eigenvalue weighted by Crippen LogP contribution is 2.31. The van der Waals surface area contributed by atoms with Crippen LogP contribution in [-0.4, -0.2) is 86.1 Å². The molecule has 2 aromatic carbocycles. The van der Waals surface area contributed by atoms with Crippen LogP contribution in [0.3, 0.4) is 0 Å². The summed E-state index contributed by atoms with van der Waals surface area (Å²) < 4.78 is 0. The Balaban J connectivity index is 1.26. The summed E-state index contributed by atoms with van der Waals surface area (Å²) in [7, 11) is 0. The van der Waals surface area contributed by atoms with Gasteiger partial charge in [-0.05, 0) is 35.6 Å². The SMILES string of the molecule is NC(=O)C1Cc2c([nH]c3ccccc23)CN1C(=O)[C@H](CCCN=C(N)N)NC(=O)C(Cc1cscn1)NC(=O)[C@@H]1Cc2ccccc2CN1C(N)=O. The summed E-state index contributed by atoms with van der Waals surface area (Å²) in [6.07, 6.45) is 0.802. The molecule has 16 nitrogen and oxygen atoms in total. The Morgan fingerprint density at radius 3 is 2.37 bits per heavy atom. The lowest BCUT2D eigenvalue weighted by molar-refractivity contribution is -0.144. The van der Waals surface area contributed by atoms with Crippen molar-refractivity contribution in [2.75, 3.05) is 6.54 Å². The number of hydrogen-bond acceptors (Lipinski definition) is 8. The molecule has 4 aromatic rings. The van der Waals surface area contributed by atoms with E-state index in [2.05, 4.69) is 25.6 Å². The van der Waals surface area contributed by atoms with E-state index in [0.717, 1.165) is 33.3 Å². The van der Waals surface area contributed by atoms with Crippen LogP contribution < -0.4 is 33.6 Å². The zero-order valence-corrected chi connectivity index (χ0v) is 29.1. The molecule has 2 aliphatic heterocycles. The molecule has 0 radical (unpaired) electrons. The fourth-order valence-electron chi connectivity index (χ4n) is 6.94. The zero-order chi connectivity index (χ0) is 36.9. The van der Waals surface area contributed by atoms with Crippen LogP contribution in [0.2, 0.25) is 0 Å². The normalized spacial score (nSPS) is 17.7. The molecule has 0 fully saturated rings. The Morgan fingerprint density at radius 1 is 0.904 bits per heavy atom. The summed E-state index contributed by atoms with van der Waals surface area (Å²) in [5.74, 6) is -2.59. The zero-order valence-electron chi connectivity index (χ0n) is 28.3. The molecule has 6 amide bonds. The molecule has 4 atom stereocenters. The average molecular weight is 728 g/mol. The summed E-state index contributed by atoms with van der Waals surface area (Å²) in [4.78, 5) is 82.1. The molecule has 4 heterocycles. The van der Waals surface area contributed by atoms with Gasteiger partial charge in [0.15, 0.2) is 5.96 Å². The Kier molecular flexibility index (Phi) is 10.7. The van der Waals surface area contributed by atoms with Crippen LogP contribution in [-0.2, 0) is 51.5 Å². The molecule has 2 aliphatic rings. The van der Waals surface area contributed by atoms with Gasteiger partial charge in [-0.1, -0.05) is 42.5 Å². The molecule has 2 aromatic heterocycles. The largest absolute Gasteiger partial charge is 0.370 e. The molecular weight excluding hydrogens is 687 g/mol. The number of primary amides is 2. The first kappa shape index (κ1) is 35.8. The minimum atomic E-state index is -1.19. The number of aliphatic imine (C=N–C) groups is 1. The van der Waals surface area contributed by atoms with Gasteiger partial charge in [-0.3, -0.25) is 24.2 Å². The molecule has 0 bridgehead atoms. The second-order valence-corrected chi connectivity index (χ2v) is 13.6. The number of nitrogens with two attached hydrogens (primary N) is 4. The van der Waals surface area contributed by atoms with E-state index in [0.29, 0.717) is 12.1 Å². The number of guanidine groups is 1. The number of thiazole rings is 1. The second-order valence-electron chi connectivity index (χ2n) is 12.9. The summed E-state index contributed by atoms with van der Waals surface area (Å²) >= 11 is 1.32. The van der Waals surface area contributed by atoms with Crippen LogP contribution in [0.1, 0.15) is 40.9 Å². The molecule has 6 rings (SSSR count). The first-order chi connectivity index (χ1) is 25.0. The number of aromatic nitrogens is 2. The number of benzene rings is 2. The number of para-hydroxylation sites is 1. The molecule has 272 valence electrons. The third kappa shape index (κ3) is 7.83. The van der Waals surface area contributed by atoms with Crippen molar-refractivity contribution < 1.29 is 24.0 Å². The number of carbonyl (C=O) groups excluding carboxylic acids is 5. The number of urea groups is 1. The minimum absolute atomic E-state index is 0.00190. The quantitative estimate of drug-likeness (QED) is 0.0598. The van der Waals surface area contributed by atoms with Crippen LogP contribution in [0.4, 0.5) is 4.79 Å². The van der Waals surface area contributed by atoms with Crippen LogP contribution in [0.25, 0.3) is 10.9 Å². The lowest BCUT2D eigenvalue weighted by Crippen LogP contribution is -2.61. The van der Waals surface area contributed by atoms with Gasteiger partial charge in [0.1, 0.15) is 24.2 Å². The van der Waals surface area contributed by atoms with Crippen molar-refractivity contribution in [1.82, 2.24) is 30.4 Å². The minimum Gasteiger partial charge on any atom is -0.370 e. The van der Waals surface area contributed by atoms with Crippen molar-refractivity contribution >= 4 is 57.9 Å². The molecular formula is C35H41N11O5S. The van der Waals surface area contributed by atoms with E-state index in [1.165, 1.54) is 21.1 Å². The maximum absolute atomic E-state index is 14.4. The third-order valence-corrected chi connectivity index (χ3v) is 10.2. The molecule has 0 saturated heterocycles. The van der Waals surface area contributed by atoms with E-state index in [-0.39, 0.29) is 51.3 Å². The number of rotatable bonds is 12. The number of fused-ring (bicyclic) bond motifs is 4. The summed E-state index contributed by atoms with van der Waals surface area (Å²) in [5, 5.41) is 8.33. The Hall–Kier alpha value is -5.97. The first-order valence-electron chi connectivity index (χ1n) is 16.8. The highest BCUT2D eigenvalue weighted by Gasteiger charge is 2.40. The van der Waals surface area contributed by atoms with Crippen molar-refractivity contribution in [1.29, 1.82) is 0 Å². The van der Waals surface area contributed by atoms with Crippen LogP contribution in [0.5, 0.6) is 0 Å². The van der Waals surface area contributed by atoms with Gasteiger partial charge >= 0.3 is 6.03 Å². The van der Waals surface area contributed by atoms with Gasteiger partial charge in [-0.25, -0.2) is 9.78 Å². The van der Waals surface area contributed by atoms with E-state index in [1.807, 2.05) is 48.5 Å². The molecule has 2 unspecified atom stereocenters. The maximum atomic E-state index is 14.4. The highest BCUT2D eigenvalue weighted by atomic mass is 32.1.